The van der Waals surface area contributed by atoms with Crippen molar-refractivity contribution in [3.8, 4) is 5.75 Å². The van der Waals surface area contributed by atoms with Gasteiger partial charge in [-0.1, -0.05) is 23.8 Å². The van der Waals surface area contributed by atoms with Gasteiger partial charge >= 0.3 is 0 Å². The summed E-state index contributed by atoms with van der Waals surface area (Å²) in [7, 11) is -1.81. The zero-order valence-electron chi connectivity index (χ0n) is 11.4. The minimum Gasteiger partial charge on any atom is -0.496 e. The van der Waals surface area contributed by atoms with Gasteiger partial charge in [0.1, 0.15) is 9.96 Å². The Bertz CT molecular complexity index is 678. The van der Waals surface area contributed by atoms with E-state index >= 15 is 0 Å². The van der Waals surface area contributed by atoms with Crippen LogP contribution < -0.4 is 10.5 Å². The summed E-state index contributed by atoms with van der Waals surface area (Å²) < 4.78 is 30.1. The van der Waals surface area contributed by atoms with E-state index in [2.05, 4.69) is 0 Å². The third-order valence-electron chi connectivity index (χ3n) is 2.99. The van der Waals surface area contributed by atoms with Crippen molar-refractivity contribution >= 4 is 21.2 Å². The van der Waals surface area contributed by atoms with Gasteiger partial charge in [0, 0.05) is 11.6 Å². The quantitative estimate of drug-likeness (QED) is 0.921. The lowest BCUT2D eigenvalue weighted by atomic mass is 10.1. The van der Waals surface area contributed by atoms with E-state index in [1.165, 1.54) is 11.3 Å². The first-order chi connectivity index (χ1) is 9.44. The summed E-state index contributed by atoms with van der Waals surface area (Å²) in [4.78, 5) is 0. The number of nitrogens with two attached hydrogens (primary N) is 1. The Labute approximate surface area is 123 Å². The molecule has 0 bridgehead atoms. The van der Waals surface area contributed by atoms with Crippen LogP contribution in [-0.2, 0) is 9.84 Å². The van der Waals surface area contributed by atoms with Crippen LogP contribution in [-0.4, -0.2) is 21.3 Å². The lowest BCUT2D eigenvalue weighted by Gasteiger charge is -2.16. The molecule has 6 heteroatoms. The zero-order valence-corrected chi connectivity index (χ0v) is 13.0. The van der Waals surface area contributed by atoms with E-state index in [0.29, 0.717) is 15.5 Å². The van der Waals surface area contributed by atoms with Crippen LogP contribution >= 0.6 is 11.3 Å². The van der Waals surface area contributed by atoms with Gasteiger partial charge in [0.15, 0.2) is 9.84 Å². The maximum Gasteiger partial charge on any atom is 0.189 e. The number of rotatable bonds is 5. The van der Waals surface area contributed by atoms with Crippen LogP contribution in [0.4, 0.5) is 0 Å². The summed E-state index contributed by atoms with van der Waals surface area (Å²) in [5.41, 5.74) is 7.81. The third kappa shape index (κ3) is 3.20. The van der Waals surface area contributed by atoms with Gasteiger partial charge < -0.3 is 10.5 Å². The summed E-state index contributed by atoms with van der Waals surface area (Å²) in [6.45, 7) is 1.93. The second-order valence-corrected chi connectivity index (χ2v) is 7.77. The molecular weight excluding hydrogens is 294 g/mol. The van der Waals surface area contributed by atoms with Crippen LogP contribution in [0, 0.1) is 6.92 Å². The molecule has 0 amide bonds. The molecule has 0 saturated heterocycles. The van der Waals surface area contributed by atoms with Crippen molar-refractivity contribution in [1.29, 1.82) is 0 Å². The van der Waals surface area contributed by atoms with Crippen molar-refractivity contribution in [1.82, 2.24) is 0 Å². The van der Waals surface area contributed by atoms with E-state index in [9.17, 15) is 8.42 Å². The molecule has 0 aliphatic rings. The average Bonchev–Trinajstić information content (AvgIpc) is 2.92. The Morgan fingerprint density at radius 1 is 1.35 bits per heavy atom. The lowest BCUT2D eigenvalue weighted by Crippen LogP contribution is -2.22. The van der Waals surface area contributed by atoms with Crippen LogP contribution in [0.3, 0.4) is 0 Å². The van der Waals surface area contributed by atoms with E-state index in [1.807, 2.05) is 25.1 Å². The Hall–Kier alpha value is -1.37. The van der Waals surface area contributed by atoms with Gasteiger partial charge in [0.05, 0.1) is 12.9 Å². The fraction of sp³-hybridized carbons (Fsp3) is 0.286. The number of hydrogen-bond acceptors (Lipinski definition) is 5. The van der Waals surface area contributed by atoms with Crippen LogP contribution in [0.2, 0.25) is 0 Å². The number of methoxy groups -OCH3 is 1. The van der Waals surface area contributed by atoms with Crippen molar-refractivity contribution in [3.63, 3.8) is 0 Å². The highest BCUT2D eigenvalue weighted by atomic mass is 32.2. The van der Waals surface area contributed by atoms with Gasteiger partial charge in [0.25, 0.3) is 0 Å². The molecule has 2 N–H and O–H groups in total. The third-order valence-corrected chi connectivity index (χ3v) is 6.24. The highest BCUT2D eigenvalue weighted by Crippen LogP contribution is 2.28. The van der Waals surface area contributed by atoms with E-state index in [-0.39, 0.29) is 5.75 Å². The van der Waals surface area contributed by atoms with Crippen LogP contribution in [0.1, 0.15) is 17.2 Å². The van der Waals surface area contributed by atoms with Gasteiger partial charge in [-0.25, -0.2) is 8.42 Å². The predicted octanol–water partition coefficient (Wildman–Crippen LogP) is 2.54. The first kappa shape index (κ1) is 15.0. The molecule has 1 aromatic carbocycles. The molecule has 0 aliphatic heterocycles. The monoisotopic (exact) mass is 311 g/mol. The lowest BCUT2D eigenvalue weighted by molar-refractivity contribution is 0.407. The minimum atomic E-state index is -3.36. The summed E-state index contributed by atoms with van der Waals surface area (Å²) in [5, 5.41) is 1.74. The molecule has 1 heterocycles. The van der Waals surface area contributed by atoms with Gasteiger partial charge in [-0.3, -0.25) is 0 Å². The highest BCUT2D eigenvalue weighted by molar-refractivity contribution is 7.93. The number of sulfone groups is 1. The average molecular weight is 311 g/mol. The smallest absolute Gasteiger partial charge is 0.189 e. The minimum absolute atomic E-state index is 0.132. The van der Waals surface area contributed by atoms with Crippen molar-refractivity contribution < 1.29 is 13.2 Å². The number of thiophene rings is 1. The Morgan fingerprint density at radius 3 is 2.70 bits per heavy atom. The predicted molar refractivity (Wildman–Crippen MR) is 81.0 cm³/mol. The van der Waals surface area contributed by atoms with Crippen LogP contribution in [0.5, 0.6) is 5.75 Å². The highest BCUT2D eigenvalue weighted by Gasteiger charge is 2.23. The maximum absolute atomic E-state index is 12.3. The SMILES string of the molecule is COc1ccc(C)cc1C(N)CS(=O)(=O)c1cccs1. The standard InChI is InChI=1S/C14H17NO3S2/c1-10-5-6-13(18-2)11(8-10)12(15)9-20(16,17)14-4-3-7-19-14/h3-8,12H,9,15H2,1-2H3. The Morgan fingerprint density at radius 2 is 2.10 bits per heavy atom. The molecule has 1 aromatic heterocycles. The fourth-order valence-electron chi connectivity index (χ4n) is 1.99. The molecule has 1 atom stereocenters. The van der Waals surface area contributed by atoms with Crippen molar-refractivity contribution in [2.24, 2.45) is 5.73 Å². The van der Waals surface area contributed by atoms with E-state index in [0.717, 1.165) is 5.56 Å². The van der Waals surface area contributed by atoms with Crippen molar-refractivity contribution in [2.45, 2.75) is 17.2 Å². The summed E-state index contributed by atoms with van der Waals surface area (Å²) in [5.74, 6) is 0.484. The first-order valence-corrected chi connectivity index (χ1v) is 8.63. The summed E-state index contributed by atoms with van der Waals surface area (Å²) in [6.07, 6.45) is 0. The van der Waals surface area contributed by atoms with Crippen molar-refractivity contribution in [3.05, 3.63) is 46.8 Å². The maximum atomic E-state index is 12.3. The molecule has 20 heavy (non-hydrogen) atoms. The summed E-state index contributed by atoms with van der Waals surface area (Å²) >= 11 is 1.21. The zero-order chi connectivity index (χ0) is 14.8. The van der Waals surface area contributed by atoms with E-state index < -0.39 is 15.9 Å². The molecule has 4 nitrogen and oxygen atoms in total. The van der Waals surface area contributed by atoms with Gasteiger partial charge in [-0.15, -0.1) is 11.3 Å². The summed E-state index contributed by atoms with van der Waals surface area (Å²) in [6, 6.07) is 8.28. The first-order valence-electron chi connectivity index (χ1n) is 6.10. The van der Waals surface area contributed by atoms with E-state index in [1.54, 1.807) is 24.6 Å². The molecule has 0 radical (unpaired) electrons. The Balaban J connectivity index is 2.29. The van der Waals surface area contributed by atoms with Crippen LogP contribution in [0.15, 0.2) is 39.9 Å². The van der Waals surface area contributed by atoms with Gasteiger partial charge in [-0.05, 0) is 24.4 Å². The number of benzene rings is 1. The molecule has 0 aliphatic carbocycles. The molecule has 1 unspecified atom stereocenters. The van der Waals surface area contributed by atoms with Gasteiger partial charge in [-0.2, -0.15) is 0 Å². The largest absolute Gasteiger partial charge is 0.496 e. The molecule has 2 aromatic rings. The molecule has 0 saturated carbocycles. The van der Waals surface area contributed by atoms with Crippen LogP contribution in [0.25, 0.3) is 0 Å². The number of aryl methyl sites for hydroxylation is 1. The second-order valence-electron chi connectivity index (χ2n) is 4.57. The van der Waals surface area contributed by atoms with E-state index in [4.69, 9.17) is 10.5 Å². The molecule has 0 spiro atoms. The normalized spacial score (nSPS) is 13.2. The van der Waals surface area contributed by atoms with Gasteiger partial charge in [0.2, 0.25) is 0 Å². The molecule has 0 fully saturated rings. The fourth-order valence-corrected chi connectivity index (χ4v) is 4.50. The topological polar surface area (TPSA) is 69.4 Å². The molecule has 108 valence electrons. The number of hydrogen-bond donors (Lipinski definition) is 1. The number of ether oxygens (including phenoxy) is 1. The van der Waals surface area contributed by atoms with Crippen molar-refractivity contribution in [2.75, 3.05) is 12.9 Å². The molecular formula is C14H17NO3S2. The second kappa shape index (κ2) is 5.95. The Kier molecular flexibility index (Phi) is 4.47. The molecule has 2 rings (SSSR count).